The molecule has 2 rings (SSSR count). The molecule has 20 heavy (non-hydrogen) atoms. The largest absolute Gasteiger partial charge is 0.291 e. The lowest BCUT2D eigenvalue weighted by atomic mass is 10.3. The van der Waals surface area contributed by atoms with Crippen LogP contribution in [-0.2, 0) is 6.54 Å². The van der Waals surface area contributed by atoms with E-state index in [1.165, 1.54) is 18.0 Å². The van der Waals surface area contributed by atoms with Crippen molar-refractivity contribution in [2.45, 2.75) is 24.8 Å². The molecule has 0 saturated carbocycles. The van der Waals surface area contributed by atoms with Crippen LogP contribution in [0, 0.1) is 0 Å². The van der Waals surface area contributed by atoms with Gasteiger partial charge in [0.05, 0.1) is 17.0 Å². The molecule has 0 bridgehead atoms. The quantitative estimate of drug-likeness (QED) is 0.544. The number of carbonyl (C=O) groups is 1. The smallest absolute Gasteiger partial charge is 0.192 e. The Balaban J connectivity index is 2.09. The Morgan fingerprint density at radius 1 is 1.45 bits per heavy atom. The molecule has 0 aliphatic carbocycles. The van der Waals surface area contributed by atoms with E-state index in [-0.39, 0.29) is 5.78 Å². The summed E-state index contributed by atoms with van der Waals surface area (Å²) in [4.78, 5) is 13.4. The summed E-state index contributed by atoms with van der Waals surface area (Å²) in [5.74, 6) is 0.347. The first-order chi connectivity index (χ1) is 9.63. The highest BCUT2D eigenvalue weighted by Gasteiger charge is 2.17. The van der Waals surface area contributed by atoms with E-state index in [1.807, 2.05) is 31.2 Å². The zero-order chi connectivity index (χ0) is 14.5. The lowest BCUT2D eigenvalue weighted by molar-refractivity contribution is 0.101. The zero-order valence-corrected chi connectivity index (χ0v) is 14.1. The predicted octanol–water partition coefficient (Wildman–Crippen LogP) is 4.68. The third kappa shape index (κ3) is 3.65. The molecule has 0 saturated heterocycles. The molecule has 0 N–H and O–H groups in total. The summed E-state index contributed by atoms with van der Waals surface area (Å²) >= 11 is 11.0. The number of thioether (sulfide) groups is 1. The number of aromatic nitrogens is 2. The molecule has 1 aromatic heterocycles. The van der Waals surface area contributed by atoms with Crippen LogP contribution >= 0.6 is 39.3 Å². The summed E-state index contributed by atoms with van der Waals surface area (Å²) in [5, 5.41) is 4.57. The van der Waals surface area contributed by atoms with Gasteiger partial charge in [0, 0.05) is 15.9 Å². The van der Waals surface area contributed by atoms with Crippen LogP contribution < -0.4 is 0 Å². The number of benzene rings is 1. The fourth-order valence-electron chi connectivity index (χ4n) is 1.79. The van der Waals surface area contributed by atoms with Crippen LogP contribution in [0.3, 0.4) is 0 Å². The summed E-state index contributed by atoms with van der Waals surface area (Å²) in [6.45, 7) is 2.74. The van der Waals surface area contributed by atoms with Crippen molar-refractivity contribution in [2.24, 2.45) is 0 Å². The Kier molecular flexibility index (Phi) is 5.69. The highest BCUT2D eigenvalue weighted by atomic mass is 79.9. The Bertz CT molecular complexity index is 615. The molecule has 0 fully saturated rings. The number of hydrogen-bond donors (Lipinski definition) is 0. The molecule has 0 aliphatic heterocycles. The van der Waals surface area contributed by atoms with Crippen molar-refractivity contribution in [3.8, 4) is 0 Å². The maximum Gasteiger partial charge on any atom is 0.192 e. The minimum atomic E-state index is 0.00158. The van der Waals surface area contributed by atoms with Gasteiger partial charge >= 0.3 is 0 Å². The summed E-state index contributed by atoms with van der Waals surface area (Å²) in [6.07, 6.45) is 2.45. The summed E-state index contributed by atoms with van der Waals surface area (Å²) in [5.41, 5.74) is 0.507. The van der Waals surface area contributed by atoms with Crippen LogP contribution in [0.5, 0.6) is 0 Å². The minimum absolute atomic E-state index is 0.00158. The van der Waals surface area contributed by atoms with Gasteiger partial charge in [-0.2, -0.15) is 5.10 Å². The molecule has 0 spiro atoms. The fourth-order valence-corrected chi connectivity index (χ4v) is 3.47. The number of nitrogens with zero attached hydrogens (tertiary/aromatic N) is 2. The maximum absolute atomic E-state index is 12.3. The van der Waals surface area contributed by atoms with Gasteiger partial charge in [-0.05, 0) is 34.5 Å². The van der Waals surface area contributed by atoms with Gasteiger partial charge in [-0.25, -0.2) is 0 Å². The second-order valence-electron chi connectivity index (χ2n) is 4.21. The summed E-state index contributed by atoms with van der Waals surface area (Å²) in [7, 11) is 0. The van der Waals surface area contributed by atoms with Gasteiger partial charge < -0.3 is 0 Å². The molecule has 1 heterocycles. The number of halogens is 2. The van der Waals surface area contributed by atoms with E-state index in [0.29, 0.717) is 23.0 Å². The first-order valence-electron chi connectivity index (χ1n) is 6.25. The van der Waals surface area contributed by atoms with Gasteiger partial charge in [0.25, 0.3) is 0 Å². The van der Waals surface area contributed by atoms with Crippen LogP contribution in [0.25, 0.3) is 0 Å². The lowest BCUT2D eigenvalue weighted by Gasteiger charge is -2.07. The molecule has 106 valence electrons. The molecular weight excluding hydrogens is 360 g/mol. The number of carbonyl (C=O) groups excluding carboxylic acids is 1. The molecule has 0 radical (unpaired) electrons. The molecule has 0 amide bonds. The standard InChI is InChI=1S/C14H14BrClN2OS/c1-2-7-18-14(11(16)8-17-18)12(19)9-20-13-6-4-3-5-10(13)15/h3-6,8H,2,7,9H2,1H3. The fraction of sp³-hybridized carbons (Fsp3) is 0.286. The van der Waals surface area contributed by atoms with Crippen molar-refractivity contribution >= 4 is 45.1 Å². The van der Waals surface area contributed by atoms with Crippen LogP contribution in [0.4, 0.5) is 0 Å². The third-order valence-electron chi connectivity index (χ3n) is 2.69. The number of aryl methyl sites for hydroxylation is 1. The molecule has 0 atom stereocenters. The van der Waals surface area contributed by atoms with E-state index in [4.69, 9.17) is 11.6 Å². The molecular formula is C14H14BrClN2OS. The highest BCUT2D eigenvalue weighted by molar-refractivity contribution is 9.10. The maximum atomic E-state index is 12.3. The second kappa shape index (κ2) is 7.29. The first kappa shape index (κ1) is 15.6. The van der Waals surface area contributed by atoms with E-state index in [1.54, 1.807) is 4.68 Å². The Hall–Kier alpha value is -0.780. The van der Waals surface area contributed by atoms with Crippen molar-refractivity contribution < 1.29 is 4.79 Å². The average Bonchev–Trinajstić information content (AvgIpc) is 2.79. The van der Waals surface area contributed by atoms with Gasteiger partial charge in [-0.15, -0.1) is 11.8 Å². The topological polar surface area (TPSA) is 34.9 Å². The van der Waals surface area contributed by atoms with Crippen molar-refractivity contribution in [3.05, 3.63) is 45.7 Å². The van der Waals surface area contributed by atoms with Gasteiger partial charge in [0.2, 0.25) is 0 Å². The van der Waals surface area contributed by atoms with Crippen molar-refractivity contribution in [3.63, 3.8) is 0 Å². The van der Waals surface area contributed by atoms with E-state index < -0.39 is 0 Å². The summed E-state index contributed by atoms with van der Waals surface area (Å²) < 4.78 is 2.68. The SMILES string of the molecule is CCCn1ncc(Cl)c1C(=O)CSc1ccccc1Br. The Labute approximate surface area is 135 Å². The van der Waals surface area contributed by atoms with Crippen molar-refractivity contribution in [2.75, 3.05) is 5.75 Å². The van der Waals surface area contributed by atoms with E-state index in [9.17, 15) is 4.79 Å². The molecule has 0 unspecified atom stereocenters. The van der Waals surface area contributed by atoms with Crippen molar-refractivity contribution in [1.29, 1.82) is 0 Å². The van der Waals surface area contributed by atoms with Crippen LogP contribution in [0.15, 0.2) is 39.8 Å². The van der Waals surface area contributed by atoms with Crippen LogP contribution in [0.1, 0.15) is 23.8 Å². The van der Waals surface area contributed by atoms with Gasteiger partial charge in [-0.3, -0.25) is 9.48 Å². The average molecular weight is 374 g/mol. The van der Waals surface area contributed by atoms with E-state index in [0.717, 1.165) is 15.8 Å². The number of hydrogen-bond acceptors (Lipinski definition) is 3. The van der Waals surface area contributed by atoms with E-state index >= 15 is 0 Å². The molecule has 3 nitrogen and oxygen atoms in total. The number of ketones is 1. The molecule has 1 aromatic carbocycles. The lowest BCUT2D eigenvalue weighted by Crippen LogP contribution is -2.12. The summed E-state index contributed by atoms with van der Waals surface area (Å²) in [6, 6.07) is 7.84. The highest BCUT2D eigenvalue weighted by Crippen LogP contribution is 2.28. The normalized spacial score (nSPS) is 10.8. The van der Waals surface area contributed by atoms with Crippen LogP contribution in [-0.4, -0.2) is 21.3 Å². The Morgan fingerprint density at radius 3 is 2.90 bits per heavy atom. The van der Waals surface area contributed by atoms with Gasteiger partial charge in [-0.1, -0.05) is 30.7 Å². The van der Waals surface area contributed by atoms with Gasteiger partial charge in [0.15, 0.2) is 5.78 Å². The predicted molar refractivity (Wildman–Crippen MR) is 86.7 cm³/mol. The molecule has 0 aliphatic rings. The number of rotatable bonds is 6. The first-order valence-corrected chi connectivity index (χ1v) is 8.41. The van der Waals surface area contributed by atoms with Crippen molar-refractivity contribution in [1.82, 2.24) is 9.78 Å². The van der Waals surface area contributed by atoms with Gasteiger partial charge in [0.1, 0.15) is 5.69 Å². The van der Waals surface area contributed by atoms with Crippen LogP contribution in [0.2, 0.25) is 5.02 Å². The zero-order valence-electron chi connectivity index (χ0n) is 11.0. The molecule has 2 aromatic rings. The third-order valence-corrected chi connectivity index (χ3v) is 4.99. The Morgan fingerprint density at radius 2 is 2.20 bits per heavy atom. The molecule has 6 heteroatoms. The monoisotopic (exact) mass is 372 g/mol. The van der Waals surface area contributed by atoms with E-state index in [2.05, 4.69) is 21.0 Å². The minimum Gasteiger partial charge on any atom is -0.291 e. The second-order valence-corrected chi connectivity index (χ2v) is 6.49. The number of Topliss-reactive ketones (excluding diaryl/α,β-unsaturated/α-hetero) is 1.